The van der Waals surface area contributed by atoms with E-state index in [0.717, 1.165) is 6.54 Å². The molecule has 0 aliphatic rings. The molecule has 0 aromatic carbocycles. The second-order valence-corrected chi connectivity index (χ2v) is 3.88. The van der Waals surface area contributed by atoms with Crippen molar-refractivity contribution >= 4 is 0 Å². The summed E-state index contributed by atoms with van der Waals surface area (Å²) in [5.41, 5.74) is 5.79. The van der Waals surface area contributed by atoms with E-state index >= 15 is 0 Å². The lowest BCUT2D eigenvalue weighted by Crippen LogP contribution is -2.60. The Kier molecular flexibility index (Phi) is 2.86. The first-order valence-corrected chi connectivity index (χ1v) is 3.85. The lowest BCUT2D eigenvalue weighted by molar-refractivity contribution is 0.247. The van der Waals surface area contributed by atoms with Crippen molar-refractivity contribution in [1.82, 2.24) is 5.32 Å². The number of hydrogen-bond acceptors (Lipinski definition) is 2. The first kappa shape index (κ1) is 9.92. The Morgan fingerprint density at radius 2 is 1.60 bits per heavy atom. The van der Waals surface area contributed by atoms with Crippen LogP contribution in [0, 0.1) is 0 Å². The van der Waals surface area contributed by atoms with E-state index in [0.29, 0.717) is 0 Å². The van der Waals surface area contributed by atoms with Gasteiger partial charge in [-0.05, 0) is 34.2 Å². The van der Waals surface area contributed by atoms with Gasteiger partial charge in [0.05, 0.1) is 0 Å². The van der Waals surface area contributed by atoms with Crippen LogP contribution in [0.4, 0.5) is 0 Å². The number of nitrogens with two attached hydrogens (primary N) is 1. The van der Waals surface area contributed by atoms with Crippen molar-refractivity contribution < 1.29 is 0 Å². The number of hydrogen-bond donors (Lipinski definition) is 2. The molecule has 0 spiro atoms. The highest BCUT2D eigenvalue weighted by atomic mass is 15.0. The van der Waals surface area contributed by atoms with E-state index in [4.69, 9.17) is 5.73 Å². The summed E-state index contributed by atoms with van der Waals surface area (Å²) in [7, 11) is 0. The molecular weight excluding hydrogens is 124 g/mol. The Balaban J connectivity index is 4.10. The van der Waals surface area contributed by atoms with Crippen LogP contribution in [0.1, 0.15) is 34.6 Å². The van der Waals surface area contributed by atoms with Gasteiger partial charge >= 0.3 is 0 Å². The van der Waals surface area contributed by atoms with Crippen molar-refractivity contribution in [2.45, 2.75) is 45.7 Å². The van der Waals surface area contributed by atoms with Gasteiger partial charge in [-0.3, -0.25) is 0 Å². The van der Waals surface area contributed by atoms with Gasteiger partial charge in [-0.25, -0.2) is 0 Å². The molecule has 0 heterocycles. The van der Waals surface area contributed by atoms with Gasteiger partial charge in [0, 0.05) is 11.1 Å². The molecule has 0 aliphatic heterocycles. The Bertz CT molecular complexity index is 100. The lowest BCUT2D eigenvalue weighted by atomic mass is 9.83. The Morgan fingerprint density at radius 3 is 1.70 bits per heavy atom. The smallest absolute Gasteiger partial charge is 0.0299 e. The van der Waals surface area contributed by atoms with Crippen molar-refractivity contribution in [2.24, 2.45) is 5.73 Å². The monoisotopic (exact) mass is 144 g/mol. The second kappa shape index (κ2) is 2.89. The molecule has 0 unspecified atom stereocenters. The van der Waals surface area contributed by atoms with Gasteiger partial charge in [0.2, 0.25) is 0 Å². The molecular formula is C8H20N2. The average Bonchev–Trinajstić information content (AvgIpc) is 1.61. The predicted molar refractivity (Wildman–Crippen MR) is 46.0 cm³/mol. The van der Waals surface area contributed by atoms with Crippen LogP contribution < -0.4 is 11.1 Å². The van der Waals surface area contributed by atoms with Crippen molar-refractivity contribution in [1.29, 1.82) is 0 Å². The molecule has 0 fully saturated rings. The highest BCUT2D eigenvalue weighted by Gasteiger charge is 2.31. The minimum absolute atomic E-state index is 0.0156. The van der Waals surface area contributed by atoms with E-state index in [-0.39, 0.29) is 11.1 Å². The summed E-state index contributed by atoms with van der Waals surface area (Å²) in [6.45, 7) is 11.4. The number of rotatable bonds is 3. The van der Waals surface area contributed by atoms with Crippen LogP contribution in [0.25, 0.3) is 0 Å². The summed E-state index contributed by atoms with van der Waals surface area (Å²) in [4.78, 5) is 0. The van der Waals surface area contributed by atoms with E-state index in [2.05, 4.69) is 26.1 Å². The maximum atomic E-state index is 5.94. The summed E-state index contributed by atoms with van der Waals surface area (Å²) in [5, 5.41) is 3.34. The Morgan fingerprint density at radius 1 is 1.20 bits per heavy atom. The molecule has 3 N–H and O–H groups in total. The molecule has 0 aromatic heterocycles. The predicted octanol–water partition coefficient (Wildman–Crippen LogP) is 1.11. The minimum Gasteiger partial charge on any atom is -0.324 e. The fourth-order valence-electron chi connectivity index (χ4n) is 0.670. The maximum absolute atomic E-state index is 5.94. The van der Waals surface area contributed by atoms with E-state index in [1.807, 2.05) is 13.8 Å². The van der Waals surface area contributed by atoms with Crippen LogP contribution in [0.2, 0.25) is 0 Å². The van der Waals surface area contributed by atoms with Gasteiger partial charge in [0.25, 0.3) is 0 Å². The molecule has 2 nitrogen and oxygen atoms in total. The van der Waals surface area contributed by atoms with Gasteiger partial charge in [-0.2, -0.15) is 0 Å². The molecule has 0 rings (SSSR count). The minimum atomic E-state index is -0.164. The summed E-state index contributed by atoms with van der Waals surface area (Å²) < 4.78 is 0. The molecule has 0 aliphatic carbocycles. The zero-order chi connectivity index (χ0) is 8.41. The standard InChI is InChI=1S/C8H20N2/c1-6-10-8(4,5)7(2,3)9/h10H,6,9H2,1-5H3. The SMILES string of the molecule is CCNC(C)(C)C(C)(C)N. The summed E-state index contributed by atoms with van der Waals surface area (Å²) in [6, 6.07) is 0. The van der Waals surface area contributed by atoms with Crippen LogP contribution in [0.3, 0.4) is 0 Å². The first-order valence-electron chi connectivity index (χ1n) is 3.85. The van der Waals surface area contributed by atoms with Crippen molar-refractivity contribution in [3.63, 3.8) is 0 Å². The van der Waals surface area contributed by atoms with Crippen LogP contribution in [-0.4, -0.2) is 17.6 Å². The van der Waals surface area contributed by atoms with Crippen LogP contribution in [-0.2, 0) is 0 Å². The number of nitrogens with one attached hydrogen (secondary N) is 1. The van der Waals surface area contributed by atoms with Gasteiger partial charge in [0.15, 0.2) is 0 Å². The molecule has 0 saturated heterocycles. The zero-order valence-corrected chi connectivity index (χ0v) is 7.78. The van der Waals surface area contributed by atoms with Crippen LogP contribution in [0.15, 0.2) is 0 Å². The third-order valence-corrected chi connectivity index (χ3v) is 2.23. The zero-order valence-electron chi connectivity index (χ0n) is 7.78. The summed E-state index contributed by atoms with van der Waals surface area (Å²) >= 11 is 0. The molecule has 0 amide bonds. The van der Waals surface area contributed by atoms with Crippen molar-refractivity contribution in [2.75, 3.05) is 6.54 Å². The summed E-state index contributed by atoms with van der Waals surface area (Å²) in [5.74, 6) is 0. The summed E-state index contributed by atoms with van der Waals surface area (Å²) in [6.07, 6.45) is 0. The van der Waals surface area contributed by atoms with Crippen LogP contribution in [0.5, 0.6) is 0 Å². The highest BCUT2D eigenvalue weighted by molar-refractivity contribution is 4.96. The van der Waals surface area contributed by atoms with Gasteiger partial charge in [-0.15, -0.1) is 0 Å². The van der Waals surface area contributed by atoms with Gasteiger partial charge in [-0.1, -0.05) is 6.92 Å². The number of likely N-dealkylation sites (N-methyl/N-ethyl adjacent to an activating group) is 1. The third-order valence-electron chi connectivity index (χ3n) is 2.23. The molecule has 0 saturated carbocycles. The molecule has 0 atom stereocenters. The largest absolute Gasteiger partial charge is 0.324 e. The van der Waals surface area contributed by atoms with Gasteiger partial charge in [0.1, 0.15) is 0 Å². The third kappa shape index (κ3) is 2.27. The average molecular weight is 144 g/mol. The normalized spacial score (nSPS) is 13.8. The fourth-order valence-corrected chi connectivity index (χ4v) is 0.670. The van der Waals surface area contributed by atoms with E-state index in [1.54, 1.807) is 0 Å². The Labute approximate surface area is 64.2 Å². The quantitative estimate of drug-likeness (QED) is 0.622. The highest BCUT2D eigenvalue weighted by Crippen LogP contribution is 2.16. The molecule has 0 bridgehead atoms. The first-order chi connectivity index (χ1) is 4.31. The molecule has 2 heteroatoms. The second-order valence-electron chi connectivity index (χ2n) is 3.88. The molecule has 0 aromatic rings. The van der Waals surface area contributed by atoms with E-state index in [1.165, 1.54) is 0 Å². The van der Waals surface area contributed by atoms with Crippen LogP contribution >= 0.6 is 0 Å². The lowest BCUT2D eigenvalue weighted by Gasteiger charge is -2.39. The van der Waals surface area contributed by atoms with E-state index in [9.17, 15) is 0 Å². The maximum Gasteiger partial charge on any atom is 0.0299 e. The topological polar surface area (TPSA) is 38.0 Å². The van der Waals surface area contributed by atoms with Crippen molar-refractivity contribution in [3.8, 4) is 0 Å². The Hall–Kier alpha value is -0.0800. The van der Waals surface area contributed by atoms with Crippen molar-refractivity contribution in [3.05, 3.63) is 0 Å². The fraction of sp³-hybridized carbons (Fsp3) is 1.00. The van der Waals surface area contributed by atoms with Gasteiger partial charge < -0.3 is 11.1 Å². The molecule has 0 radical (unpaired) electrons. The van der Waals surface area contributed by atoms with E-state index < -0.39 is 0 Å². The molecule has 62 valence electrons. The molecule has 10 heavy (non-hydrogen) atoms.